The summed E-state index contributed by atoms with van der Waals surface area (Å²) in [5, 5.41) is 6.88. The summed E-state index contributed by atoms with van der Waals surface area (Å²) in [7, 11) is -1.19. The standard InChI is InChI=1S/C29H33F3N6O4S/c1-35-11-9-22(10-12-35)38-25-16-19(18-7-13-36(14-8-18)43(2,40)41)5-6-24(25)37(29(38)39)17-21-4-3-20(15-23(21)30)27-33-34-28(42-27)26(31)32/h3-6,15-16,18,22,26H,7-14,17H2,1-2H3. The van der Waals surface area contributed by atoms with Crippen molar-refractivity contribution in [3.05, 3.63) is 69.7 Å². The number of benzene rings is 2. The summed E-state index contributed by atoms with van der Waals surface area (Å²) in [6.45, 7) is 2.58. The van der Waals surface area contributed by atoms with Gasteiger partial charge in [-0.05, 0) is 81.6 Å². The molecule has 0 amide bonds. The molecule has 230 valence electrons. The van der Waals surface area contributed by atoms with Crippen LogP contribution < -0.4 is 5.69 Å². The van der Waals surface area contributed by atoms with Gasteiger partial charge in [0.2, 0.25) is 15.9 Å². The molecule has 4 heterocycles. The highest BCUT2D eigenvalue weighted by Crippen LogP contribution is 2.33. The third-order valence-corrected chi connectivity index (χ3v) is 9.99. The number of aromatic nitrogens is 4. The second kappa shape index (κ2) is 11.5. The van der Waals surface area contributed by atoms with Crippen molar-refractivity contribution in [2.75, 3.05) is 39.5 Å². The van der Waals surface area contributed by atoms with E-state index in [1.165, 1.54) is 22.7 Å². The van der Waals surface area contributed by atoms with Crippen molar-refractivity contribution in [1.82, 2.24) is 28.5 Å². The lowest BCUT2D eigenvalue weighted by Crippen LogP contribution is -2.37. The molecule has 0 aliphatic carbocycles. The van der Waals surface area contributed by atoms with Gasteiger partial charge in [0.25, 0.3) is 5.89 Å². The molecule has 2 saturated heterocycles. The van der Waals surface area contributed by atoms with Crippen LogP contribution in [0.5, 0.6) is 0 Å². The molecule has 4 aromatic rings. The second-order valence-electron chi connectivity index (χ2n) is 11.5. The van der Waals surface area contributed by atoms with Gasteiger partial charge in [-0.25, -0.2) is 21.9 Å². The van der Waals surface area contributed by atoms with Gasteiger partial charge >= 0.3 is 12.1 Å². The van der Waals surface area contributed by atoms with E-state index < -0.39 is 28.2 Å². The van der Waals surface area contributed by atoms with E-state index in [1.54, 1.807) is 4.57 Å². The maximum Gasteiger partial charge on any atom is 0.329 e. The Bertz CT molecular complexity index is 1800. The van der Waals surface area contributed by atoms with Crippen molar-refractivity contribution < 1.29 is 26.0 Å². The molecule has 0 saturated carbocycles. The Labute approximate surface area is 246 Å². The molecular formula is C29H33F3N6O4S. The van der Waals surface area contributed by atoms with Crippen LogP contribution in [0.3, 0.4) is 0 Å². The van der Waals surface area contributed by atoms with E-state index in [0.717, 1.165) is 43.1 Å². The van der Waals surface area contributed by atoms with E-state index in [-0.39, 0.29) is 41.2 Å². The van der Waals surface area contributed by atoms with E-state index in [0.29, 0.717) is 31.4 Å². The summed E-state index contributed by atoms with van der Waals surface area (Å²) < 4.78 is 74.9. The van der Waals surface area contributed by atoms with Gasteiger partial charge < -0.3 is 9.32 Å². The molecule has 10 nitrogen and oxygen atoms in total. The molecule has 2 aromatic carbocycles. The van der Waals surface area contributed by atoms with E-state index >= 15 is 4.39 Å². The zero-order valence-corrected chi connectivity index (χ0v) is 24.7. The Hall–Kier alpha value is -3.49. The van der Waals surface area contributed by atoms with Crippen LogP contribution in [0.1, 0.15) is 61.1 Å². The van der Waals surface area contributed by atoms with Crippen molar-refractivity contribution in [3.63, 3.8) is 0 Å². The lowest BCUT2D eigenvalue weighted by atomic mass is 9.90. The summed E-state index contributed by atoms with van der Waals surface area (Å²) in [4.78, 5) is 16.2. The zero-order chi connectivity index (χ0) is 30.5. The molecular weight excluding hydrogens is 585 g/mol. The summed E-state index contributed by atoms with van der Waals surface area (Å²) in [6.07, 6.45) is 1.29. The first-order valence-electron chi connectivity index (χ1n) is 14.3. The number of hydrogen-bond acceptors (Lipinski definition) is 7. The second-order valence-corrected chi connectivity index (χ2v) is 13.5. The van der Waals surface area contributed by atoms with Crippen LogP contribution in [0.15, 0.2) is 45.6 Å². The predicted octanol–water partition coefficient (Wildman–Crippen LogP) is 4.38. The highest BCUT2D eigenvalue weighted by Gasteiger charge is 2.28. The van der Waals surface area contributed by atoms with Crippen LogP contribution in [0, 0.1) is 5.82 Å². The summed E-state index contributed by atoms with van der Waals surface area (Å²) in [6, 6.07) is 10.0. The van der Waals surface area contributed by atoms with Gasteiger partial charge in [0.1, 0.15) is 5.82 Å². The monoisotopic (exact) mass is 618 g/mol. The van der Waals surface area contributed by atoms with Crippen LogP contribution in [0.4, 0.5) is 13.2 Å². The SMILES string of the molecule is CN1CCC(n2c(=O)n(Cc3ccc(-c4nnc(C(F)F)o4)cc3F)c3ccc(C4CCN(S(C)(=O)=O)CC4)cc32)CC1. The molecule has 0 radical (unpaired) electrons. The molecule has 0 N–H and O–H groups in total. The first kappa shape index (κ1) is 29.6. The third kappa shape index (κ3) is 5.87. The topological polar surface area (TPSA) is 106 Å². The van der Waals surface area contributed by atoms with Gasteiger partial charge in [-0.15, -0.1) is 10.2 Å². The number of fused-ring (bicyclic) bond motifs is 1. The lowest BCUT2D eigenvalue weighted by molar-refractivity contribution is 0.116. The Morgan fingerprint density at radius 1 is 0.977 bits per heavy atom. The summed E-state index contributed by atoms with van der Waals surface area (Å²) >= 11 is 0. The fourth-order valence-electron chi connectivity index (χ4n) is 6.25. The van der Waals surface area contributed by atoms with Gasteiger partial charge in [-0.2, -0.15) is 8.78 Å². The Morgan fingerprint density at radius 2 is 1.70 bits per heavy atom. The Morgan fingerprint density at radius 3 is 2.33 bits per heavy atom. The highest BCUT2D eigenvalue weighted by molar-refractivity contribution is 7.88. The fourth-order valence-corrected chi connectivity index (χ4v) is 7.12. The van der Waals surface area contributed by atoms with Gasteiger partial charge in [0.15, 0.2) is 0 Å². The molecule has 2 fully saturated rings. The van der Waals surface area contributed by atoms with E-state index in [4.69, 9.17) is 4.42 Å². The van der Waals surface area contributed by atoms with E-state index in [1.807, 2.05) is 22.8 Å². The number of sulfonamides is 1. The molecule has 2 aliphatic rings. The minimum Gasteiger partial charge on any atom is -0.415 e. The average molecular weight is 619 g/mol. The number of piperidine rings is 2. The average Bonchev–Trinajstić information content (AvgIpc) is 3.58. The van der Waals surface area contributed by atoms with Gasteiger partial charge in [0.05, 0.1) is 23.8 Å². The molecule has 0 spiro atoms. The molecule has 0 atom stereocenters. The van der Waals surface area contributed by atoms with E-state index in [9.17, 15) is 22.0 Å². The highest BCUT2D eigenvalue weighted by atomic mass is 32.2. The van der Waals surface area contributed by atoms with Crippen molar-refractivity contribution >= 4 is 21.1 Å². The quantitative estimate of drug-likeness (QED) is 0.303. The van der Waals surface area contributed by atoms with Gasteiger partial charge in [-0.3, -0.25) is 9.13 Å². The van der Waals surface area contributed by atoms with Gasteiger partial charge in [0, 0.05) is 30.3 Å². The first-order valence-corrected chi connectivity index (χ1v) is 16.1. The van der Waals surface area contributed by atoms with E-state index in [2.05, 4.69) is 22.1 Å². The maximum atomic E-state index is 15.3. The minimum absolute atomic E-state index is 0.0106. The molecule has 0 bridgehead atoms. The minimum atomic E-state index is -3.24. The smallest absolute Gasteiger partial charge is 0.329 e. The number of halogens is 3. The Balaban J connectivity index is 1.35. The molecule has 6 rings (SSSR count). The molecule has 2 aromatic heterocycles. The largest absolute Gasteiger partial charge is 0.415 e. The molecule has 43 heavy (non-hydrogen) atoms. The Kier molecular flexibility index (Phi) is 7.94. The molecule has 14 heteroatoms. The van der Waals surface area contributed by atoms with Crippen molar-refractivity contribution in [2.45, 2.75) is 50.6 Å². The zero-order valence-electron chi connectivity index (χ0n) is 23.9. The van der Waals surface area contributed by atoms with Crippen LogP contribution in [0.25, 0.3) is 22.5 Å². The van der Waals surface area contributed by atoms with Crippen molar-refractivity contribution in [1.29, 1.82) is 0 Å². The predicted molar refractivity (Wildman–Crippen MR) is 154 cm³/mol. The molecule has 2 aliphatic heterocycles. The van der Waals surface area contributed by atoms with Crippen LogP contribution in [-0.2, 0) is 16.6 Å². The molecule has 0 unspecified atom stereocenters. The fraction of sp³-hybridized carbons (Fsp3) is 0.483. The number of hydrogen-bond donors (Lipinski definition) is 0. The van der Waals surface area contributed by atoms with Crippen LogP contribution in [-0.4, -0.2) is 76.4 Å². The number of nitrogens with zero attached hydrogens (tertiary/aromatic N) is 6. The van der Waals surface area contributed by atoms with Gasteiger partial charge in [-0.1, -0.05) is 12.1 Å². The number of alkyl halides is 2. The number of likely N-dealkylation sites (tertiary alicyclic amines) is 1. The summed E-state index contributed by atoms with van der Waals surface area (Å²) in [5.74, 6) is -1.53. The first-order chi connectivity index (χ1) is 20.5. The normalized spacial score (nSPS) is 18.3. The number of rotatable bonds is 7. The van der Waals surface area contributed by atoms with Crippen LogP contribution >= 0.6 is 0 Å². The number of imidazole rings is 1. The van der Waals surface area contributed by atoms with Crippen molar-refractivity contribution in [3.8, 4) is 11.5 Å². The van der Waals surface area contributed by atoms with Crippen LogP contribution in [0.2, 0.25) is 0 Å². The summed E-state index contributed by atoms with van der Waals surface area (Å²) in [5.41, 5.74) is 2.70. The van der Waals surface area contributed by atoms with Crippen molar-refractivity contribution in [2.24, 2.45) is 0 Å². The third-order valence-electron chi connectivity index (χ3n) is 8.69. The maximum absolute atomic E-state index is 15.3. The lowest BCUT2D eigenvalue weighted by Gasteiger charge is -2.31.